The van der Waals surface area contributed by atoms with Crippen LogP contribution < -0.4 is 4.74 Å². The van der Waals surface area contributed by atoms with Gasteiger partial charge in [-0.3, -0.25) is 0 Å². The highest BCUT2D eigenvalue weighted by atomic mass is 19.3. The fourth-order valence-electron chi connectivity index (χ4n) is 1.53. The predicted molar refractivity (Wildman–Crippen MR) is 56.3 cm³/mol. The van der Waals surface area contributed by atoms with Crippen molar-refractivity contribution in [3.63, 3.8) is 0 Å². The van der Waals surface area contributed by atoms with Crippen molar-refractivity contribution in [1.29, 1.82) is 10.5 Å². The summed E-state index contributed by atoms with van der Waals surface area (Å²) >= 11 is 0. The molecule has 0 N–H and O–H groups in total. The van der Waals surface area contributed by atoms with E-state index in [1.165, 1.54) is 6.07 Å². The molecule has 1 rings (SSSR count). The molecule has 0 heterocycles. The molecule has 17 heavy (non-hydrogen) atoms. The van der Waals surface area contributed by atoms with E-state index in [0.29, 0.717) is 17.5 Å². The molecule has 0 unspecified atom stereocenters. The Morgan fingerprint density at radius 2 is 2.00 bits per heavy atom. The minimum atomic E-state index is -2.91. The van der Waals surface area contributed by atoms with Gasteiger partial charge in [0.1, 0.15) is 5.75 Å². The van der Waals surface area contributed by atoms with Crippen LogP contribution in [0, 0.1) is 22.7 Å². The van der Waals surface area contributed by atoms with Crippen LogP contribution >= 0.6 is 0 Å². The molecule has 0 radical (unpaired) electrons. The van der Waals surface area contributed by atoms with Gasteiger partial charge in [-0.15, -0.1) is 0 Å². The van der Waals surface area contributed by atoms with Crippen molar-refractivity contribution in [3.05, 3.63) is 29.3 Å². The summed E-state index contributed by atoms with van der Waals surface area (Å²) < 4.78 is 28.8. The maximum Gasteiger partial charge on any atom is 0.387 e. The van der Waals surface area contributed by atoms with E-state index in [4.69, 9.17) is 10.5 Å². The topological polar surface area (TPSA) is 56.8 Å². The van der Waals surface area contributed by atoms with Crippen LogP contribution in [-0.2, 0) is 12.8 Å². The lowest BCUT2D eigenvalue weighted by Gasteiger charge is -2.12. The number of ether oxygens (including phenoxy) is 1. The van der Waals surface area contributed by atoms with Gasteiger partial charge in [-0.25, -0.2) is 0 Å². The Hall–Kier alpha value is -2.14. The second-order valence-electron chi connectivity index (χ2n) is 3.27. The van der Waals surface area contributed by atoms with Gasteiger partial charge in [0.15, 0.2) is 0 Å². The van der Waals surface area contributed by atoms with Crippen LogP contribution in [0.2, 0.25) is 0 Å². The Morgan fingerprint density at radius 3 is 2.59 bits per heavy atom. The van der Waals surface area contributed by atoms with Gasteiger partial charge in [0, 0.05) is 6.42 Å². The van der Waals surface area contributed by atoms with Crippen LogP contribution in [0.4, 0.5) is 8.78 Å². The van der Waals surface area contributed by atoms with E-state index in [-0.39, 0.29) is 18.6 Å². The second kappa shape index (κ2) is 6.44. The molecule has 0 aliphatic heterocycles. The van der Waals surface area contributed by atoms with Gasteiger partial charge >= 0.3 is 6.61 Å². The lowest BCUT2D eigenvalue weighted by Crippen LogP contribution is -2.06. The molecule has 1 aromatic carbocycles. The summed E-state index contributed by atoms with van der Waals surface area (Å²) in [5, 5.41) is 17.2. The van der Waals surface area contributed by atoms with Crippen molar-refractivity contribution in [1.82, 2.24) is 0 Å². The van der Waals surface area contributed by atoms with Crippen molar-refractivity contribution < 1.29 is 13.5 Å². The SMILES string of the molecule is N#CCCc1c(CC#N)cccc1OC(F)F. The number of benzene rings is 1. The Balaban J connectivity index is 3.06. The standard InChI is InChI=1S/C12H10F2N2O/c13-12(14)17-11-5-1-3-9(6-8-16)10(11)4-2-7-15/h1,3,5,12H,2,4,6H2. The first-order valence-corrected chi connectivity index (χ1v) is 4.98. The molecule has 5 heteroatoms. The minimum Gasteiger partial charge on any atom is -0.435 e. The number of alkyl halides is 2. The molecule has 0 aliphatic rings. The molecular weight excluding hydrogens is 226 g/mol. The zero-order valence-corrected chi connectivity index (χ0v) is 8.99. The maximum absolute atomic E-state index is 12.2. The summed E-state index contributed by atoms with van der Waals surface area (Å²) in [6.45, 7) is -2.91. The van der Waals surface area contributed by atoms with E-state index in [1.54, 1.807) is 12.1 Å². The third kappa shape index (κ3) is 3.73. The van der Waals surface area contributed by atoms with Crippen molar-refractivity contribution >= 4 is 0 Å². The largest absolute Gasteiger partial charge is 0.435 e. The molecule has 0 spiro atoms. The fourth-order valence-corrected chi connectivity index (χ4v) is 1.53. The van der Waals surface area contributed by atoms with E-state index in [1.807, 2.05) is 12.1 Å². The van der Waals surface area contributed by atoms with Crippen LogP contribution in [0.25, 0.3) is 0 Å². The molecule has 0 aliphatic carbocycles. The van der Waals surface area contributed by atoms with Crippen molar-refractivity contribution in [2.45, 2.75) is 25.9 Å². The van der Waals surface area contributed by atoms with Gasteiger partial charge in [0.2, 0.25) is 0 Å². The molecular formula is C12H10F2N2O. The van der Waals surface area contributed by atoms with Crippen LogP contribution in [0.3, 0.4) is 0 Å². The zero-order chi connectivity index (χ0) is 12.7. The maximum atomic E-state index is 12.2. The number of halogens is 2. The molecule has 3 nitrogen and oxygen atoms in total. The quantitative estimate of drug-likeness (QED) is 0.789. The second-order valence-corrected chi connectivity index (χ2v) is 3.27. The van der Waals surface area contributed by atoms with Crippen LogP contribution in [0.15, 0.2) is 18.2 Å². The normalized spacial score (nSPS) is 9.71. The third-order valence-corrected chi connectivity index (χ3v) is 2.20. The van der Waals surface area contributed by atoms with Gasteiger partial charge in [0.25, 0.3) is 0 Å². The third-order valence-electron chi connectivity index (χ3n) is 2.20. The van der Waals surface area contributed by atoms with E-state index >= 15 is 0 Å². The zero-order valence-electron chi connectivity index (χ0n) is 8.99. The Kier molecular flexibility index (Phi) is 4.90. The summed E-state index contributed by atoms with van der Waals surface area (Å²) in [6.07, 6.45) is 0.611. The molecule has 0 atom stereocenters. The molecule has 0 amide bonds. The average Bonchev–Trinajstić information content (AvgIpc) is 2.28. The number of nitriles is 2. The van der Waals surface area contributed by atoms with Crippen molar-refractivity contribution in [3.8, 4) is 17.9 Å². The first-order chi connectivity index (χ1) is 8.19. The van der Waals surface area contributed by atoms with Gasteiger partial charge in [-0.05, 0) is 23.6 Å². The first-order valence-electron chi connectivity index (χ1n) is 4.98. The van der Waals surface area contributed by atoms with E-state index in [2.05, 4.69) is 4.74 Å². The molecule has 88 valence electrons. The molecule has 1 aromatic rings. The lowest BCUT2D eigenvalue weighted by atomic mass is 10.00. The number of rotatable bonds is 5. The number of nitrogens with zero attached hydrogens (tertiary/aromatic N) is 2. The van der Waals surface area contributed by atoms with Gasteiger partial charge < -0.3 is 4.74 Å². The van der Waals surface area contributed by atoms with Crippen molar-refractivity contribution in [2.24, 2.45) is 0 Å². The van der Waals surface area contributed by atoms with Crippen LogP contribution in [-0.4, -0.2) is 6.61 Å². The first kappa shape index (κ1) is 12.9. The highest BCUT2D eigenvalue weighted by Crippen LogP contribution is 2.26. The highest BCUT2D eigenvalue weighted by Gasteiger charge is 2.12. The summed E-state index contributed by atoms with van der Waals surface area (Å²) in [7, 11) is 0. The number of hydrogen-bond acceptors (Lipinski definition) is 3. The van der Waals surface area contributed by atoms with E-state index in [9.17, 15) is 8.78 Å². The van der Waals surface area contributed by atoms with Crippen molar-refractivity contribution in [2.75, 3.05) is 0 Å². The fraction of sp³-hybridized carbons (Fsp3) is 0.333. The lowest BCUT2D eigenvalue weighted by molar-refractivity contribution is -0.0504. The van der Waals surface area contributed by atoms with Crippen LogP contribution in [0.5, 0.6) is 5.75 Å². The molecule has 0 fully saturated rings. The molecule has 0 saturated carbocycles. The summed E-state index contributed by atoms with van der Waals surface area (Å²) in [6, 6.07) is 8.54. The Morgan fingerprint density at radius 1 is 1.24 bits per heavy atom. The number of hydrogen-bond donors (Lipinski definition) is 0. The van der Waals surface area contributed by atoms with E-state index < -0.39 is 6.61 Å². The van der Waals surface area contributed by atoms with Gasteiger partial charge in [0.05, 0.1) is 18.6 Å². The summed E-state index contributed by atoms with van der Waals surface area (Å²) in [5.74, 6) is 0.0444. The van der Waals surface area contributed by atoms with Gasteiger partial charge in [-0.1, -0.05) is 12.1 Å². The Labute approximate surface area is 97.9 Å². The predicted octanol–water partition coefficient (Wildman–Crippen LogP) is 2.81. The average molecular weight is 236 g/mol. The van der Waals surface area contributed by atoms with Gasteiger partial charge in [-0.2, -0.15) is 19.3 Å². The monoisotopic (exact) mass is 236 g/mol. The van der Waals surface area contributed by atoms with E-state index in [0.717, 1.165) is 0 Å². The molecule has 0 aromatic heterocycles. The minimum absolute atomic E-state index is 0.0444. The van der Waals surface area contributed by atoms with Crippen LogP contribution in [0.1, 0.15) is 17.5 Å². The molecule has 0 bridgehead atoms. The summed E-state index contributed by atoms with van der Waals surface area (Å²) in [4.78, 5) is 0. The Bertz CT molecular complexity index is 461. The smallest absolute Gasteiger partial charge is 0.387 e. The molecule has 0 saturated heterocycles. The summed E-state index contributed by atoms with van der Waals surface area (Å²) in [5.41, 5.74) is 1.14. The highest BCUT2D eigenvalue weighted by molar-refractivity contribution is 5.42.